The van der Waals surface area contributed by atoms with Gasteiger partial charge in [0.2, 0.25) is 10.0 Å². The molecule has 108 valence electrons. The Labute approximate surface area is 123 Å². The number of nitrogens with zero attached hydrogens (tertiary/aromatic N) is 1. The van der Waals surface area contributed by atoms with E-state index in [1.165, 1.54) is 12.8 Å². The Morgan fingerprint density at radius 2 is 2.11 bits per heavy atom. The van der Waals surface area contributed by atoms with Crippen LogP contribution in [0.5, 0.6) is 0 Å². The molecule has 4 nitrogen and oxygen atoms in total. The van der Waals surface area contributed by atoms with Crippen LogP contribution in [0.15, 0.2) is 16.3 Å². The number of hydrogen-bond acceptors (Lipinski definition) is 4. The molecule has 1 aromatic heterocycles. The molecule has 1 unspecified atom stereocenters. The molecular weight excluding hydrogens is 304 g/mol. The Hall–Kier alpha value is -0.140. The molecule has 1 atom stereocenters. The Balaban J connectivity index is 1.83. The molecule has 1 aliphatic rings. The summed E-state index contributed by atoms with van der Waals surface area (Å²) >= 11 is 6.85. The first-order valence-electron chi connectivity index (χ1n) is 6.45. The molecule has 0 aromatic carbocycles. The van der Waals surface area contributed by atoms with Crippen molar-refractivity contribution in [1.82, 2.24) is 9.62 Å². The van der Waals surface area contributed by atoms with Crippen molar-refractivity contribution in [2.45, 2.75) is 24.0 Å². The average Bonchev–Trinajstić information content (AvgIpc) is 2.98. The molecule has 0 saturated carbocycles. The molecule has 1 saturated heterocycles. The van der Waals surface area contributed by atoms with E-state index in [1.807, 2.05) is 0 Å². The molecule has 0 radical (unpaired) electrons. The molecule has 1 N–H and O–H groups in total. The zero-order chi connectivity index (χ0) is 13.9. The van der Waals surface area contributed by atoms with Gasteiger partial charge >= 0.3 is 0 Å². The lowest BCUT2D eigenvalue weighted by Gasteiger charge is -2.20. The molecule has 1 aromatic rings. The van der Waals surface area contributed by atoms with Crippen LogP contribution < -0.4 is 4.72 Å². The predicted octanol–water partition coefficient (Wildman–Crippen LogP) is 2.41. The average molecular weight is 323 g/mol. The van der Waals surface area contributed by atoms with Crippen LogP contribution in [-0.4, -0.2) is 39.5 Å². The third kappa shape index (κ3) is 4.43. The third-order valence-corrected chi connectivity index (χ3v) is 6.35. The van der Waals surface area contributed by atoms with E-state index < -0.39 is 10.0 Å². The number of nitrogens with one attached hydrogen (secondary N) is 1. The van der Waals surface area contributed by atoms with E-state index in [4.69, 9.17) is 11.6 Å². The summed E-state index contributed by atoms with van der Waals surface area (Å²) in [4.78, 5) is 2.39. The second-order valence-corrected chi connectivity index (χ2v) is 8.73. The van der Waals surface area contributed by atoms with Crippen molar-refractivity contribution in [2.75, 3.05) is 26.2 Å². The Bertz CT molecular complexity index is 510. The SMILES string of the molecule is CC(CNS(=O)(=O)c1ccc(Cl)s1)CN1CCCC1. The van der Waals surface area contributed by atoms with Crippen LogP contribution in [0.4, 0.5) is 0 Å². The molecule has 0 aliphatic carbocycles. The minimum absolute atomic E-state index is 0.283. The summed E-state index contributed by atoms with van der Waals surface area (Å²) in [6.45, 7) is 5.76. The first-order chi connectivity index (χ1) is 8.97. The van der Waals surface area contributed by atoms with Gasteiger partial charge in [0.05, 0.1) is 4.34 Å². The number of sulfonamides is 1. The van der Waals surface area contributed by atoms with Gasteiger partial charge in [-0.2, -0.15) is 0 Å². The molecule has 1 aliphatic heterocycles. The van der Waals surface area contributed by atoms with Crippen molar-refractivity contribution >= 4 is 33.0 Å². The number of halogens is 1. The largest absolute Gasteiger partial charge is 0.303 e. The van der Waals surface area contributed by atoms with Crippen LogP contribution in [0.2, 0.25) is 4.34 Å². The van der Waals surface area contributed by atoms with E-state index >= 15 is 0 Å². The number of hydrogen-bond donors (Lipinski definition) is 1. The normalized spacial score (nSPS) is 18.8. The third-order valence-electron chi connectivity index (χ3n) is 3.20. The fourth-order valence-electron chi connectivity index (χ4n) is 2.24. The minimum Gasteiger partial charge on any atom is -0.303 e. The maximum absolute atomic E-state index is 12.0. The molecule has 19 heavy (non-hydrogen) atoms. The number of rotatable bonds is 6. The topological polar surface area (TPSA) is 49.4 Å². The summed E-state index contributed by atoms with van der Waals surface area (Å²) in [7, 11) is -3.40. The smallest absolute Gasteiger partial charge is 0.250 e. The van der Waals surface area contributed by atoms with Crippen molar-refractivity contribution in [2.24, 2.45) is 5.92 Å². The fourth-order valence-corrected chi connectivity index (χ4v) is 4.93. The van der Waals surface area contributed by atoms with E-state index in [1.54, 1.807) is 12.1 Å². The predicted molar refractivity (Wildman–Crippen MR) is 79.4 cm³/mol. The zero-order valence-corrected chi connectivity index (χ0v) is 13.3. The van der Waals surface area contributed by atoms with E-state index in [0.29, 0.717) is 16.8 Å². The van der Waals surface area contributed by atoms with Crippen molar-refractivity contribution in [3.8, 4) is 0 Å². The lowest BCUT2D eigenvalue weighted by Crippen LogP contribution is -2.34. The fraction of sp³-hybridized carbons (Fsp3) is 0.667. The maximum atomic E-state index is 12.0. The van der Waals surface area contributed by atoms with Crippen LogP contribution in [0.1, 0.15) is 19.8 Å². The first kappa shape index (κ1) is 15.3. The Kier molecular flexibility index (Phi) is 5.25. The van der Waals surface area contributed by atoms with E-state index in [2.05, 4.69) is 16.5 Å². The van der Waals surface area contributed by atoms with Crippen molar-refractivity contribution in [1.29, 1.82) is 0 Å². The van der Waals surface area contributed by atoms with Gasteiger partial charge in [-0.25, -0.2) is 13.1 Å². The summed E-state index contributed by atoms with van der Waals surface area (Å²) in [5.74, 6) is 0.309. The molecular formula is C12H19ClN2O2S2. The quantitative estimate of drug-likeness (QED) is 0.875. The van der Waals surface area contributed by atoms with Crippen LogP contribution in [-0.2, 0) is 10.0 Å². The summed E-state index contributed by atoms with van der Waals surface area (Å²) in [6, 6.07) is 3.15. The molecule has 2 rings (SSSR count). The second-order valence-electron chi connectivity index (χ2n) is 5.02. The first-order valence-corrected chi connectivity index (χ1v) is 9.12. The highest BCUT2D eigenvalue weighted by molar-refractivity contribution is 7.91. The van der Waals surface area contributed by atoms with Crippen molar-refractivity contribution in [3.63, 3.8) is 0 Å². The molecule has 0 spiro atoms. The monoisotopic (exact) mass is 322 g/mol. The van der Waals surface area contributed by atoms with Gasteiger partial charge in [0.1, 0.15) is 4.21 Å². The van der Waals surface area contributed by atoms with Crippen LogP contribution in [0, 0.1) is 5.92 Å². The highest BCUT2D eigenvalue weighted by Crippen LogP contribution is 2.25. The maximum Gasteiger partial charge on any atom is 0.250 e. The number of likely N-dealkylation sites (tertiary alicyclic amines) is 1. The molecule has 1 fully saturated rings. The Morgan fingerprint density at radius 1 is 1.42 bits per heavy atom. The highest BCUT2D eigenvalue weighted by Gasteiger charge is 2.19. The standard InChI is InChI=1S/C12H19ClN2O2S2/c1-10(9-15-6-2-3-7-15)8-14-19(16,17)12-5-4-11(13)18-12/h4-5,10,14H,2-3,6-9H2,1H3. The molecule has 7 heteroatoms. The van der Waals surface area contributed by atoms with Crippen molar-refractivity contribution in [3.05, 3.63) is 16.5 Å². The van der Waals surface area contributed by atoms with Crippen molar-refractivity contribution < 1.29 is 8.42 Å². The van der Waals surface area contributed by atoms with Gasteiger partial charge in [-0.15, -0.1) is 11.3 Å². The Morgan fingerprint density at radius 3 is 2.68 bits per heavy atom. The highest BCUT2D eigenvalue weighted by atomic mass is 35.5. The van der Waals surface area contributed by atoms with E-state index in [-0.39, 0.29) is 4.21 Å². The van der Waals surface area contributed by atoms with Crippen LogP contribution >= 0.6 is 22.9 Å². The summed E-state index contributed by atoms with van der Waals surface area (Å²) < 4.78 is 27.5. The van der Waals surface area contributed by atoms with Gasteiger partial charge in [-0.05, 0) is 44.0 Å². The van der Waals surface area contributed by atoms with Gasteiger partial charge in [0.25, 0.3) is 0 Å². The summed E-state index contributed by atoms with van der Waals surface area (Å²) in [6.07, 6.45) is 2.51. The molecule has 0 amide bonds. The van der Waals surface area contributed by atoms with Gasteiger partial charge in [0, 0.05) is 13.1 Å². The number of thiophene rings is 1. The van der Waals surface area contributed by atoms with Gasteiger partial charge < -0.3 is 4.90 Å². The van der Waals surface area contributed by atoms with Gasteiger partial charge in [-0.1, -0.05) is 18.5 Å². The summed E-state index contributed by atoms with van der Waals surface area (Å²) in [5.41, 5.74) is 0. The molecule has 2 heterocycles. The summed E-state index contributed by atoms with van der Waals surface area (Å²) in [5, 5.41) is 0. The lowest BCUT2D eigenvalue weighted by atomic mass is 10.2. The van der Waals surface area contributed by atoms with Gasteiger partial charge in [0.15, 0.2) is 0 Å². The minimum atomic E-state index is -3.40. The van der Waals surface area contributed by atoms with E-state index in [0.717, 1.165) is 31.0 Å². The van der Waals surface area contributed by atoms with Crippen LogP contribution in [0.3, 0.4) is 0 Å². The van der Waals surface area contributed by atoms with Gasteiger partial charge in [-0.3, -0.25) is 0 Å². The molecule has 0 bridgehead atoms. The second kappa shape index (κ2) is 6.54. The van der Waals surface area contributed by atoms with E-state index in [9.17, 15) is 8.42 Å². The lowest BCUT2D eigenvalue weighted by molar-refractivity contribution is 0.288. The zero-order valence-electron chi connectivity index (χ0n) is 10.9. The van der Waals surface area contributed by atoms with Crippen LogP contribution in [0.25, 0.3) is 0 Å².